The monoisotopic (exact) mass is 428 g/mol. The van der Waals surface area contributed by atoms with Crippen molar-refractivity contribution < 1.29 is 9.59 Å². The quantitative estimate of drug-likeness (QED) is 0.355. The highest BCUT2D eigenvalue weighted by Crippen LogP contribution is 2.15. The molecule has 0 fully saturated rings. The first-order chi connectivity index (χ1) is 15.4. The molecule has 3 aromatic carbocycles. The van der Waals surface area contributed by atoms with E-state index >= 15 is 0 Å². The number of anilines is 2. The Hall–Kier alpha value is -4.46. The van der Waals surface area contributed by atoms with Gasteiger partial charge in [0.25, 0.3) is 11.8 Å². The molecule has 0 aliphatic carbocycles. The number of benzene rings is 3. The van der Waals surface area contributed by atoms with Gasteiger partial charge in [-0.25, -0.2) is 0 Å². The van der Waals surface area contributed by atoms with E-state index in [4.69, 9.17) is 11.5 Å². The molecule has 0 heterocycles. The Morgan fingerprint density at radius 2 is 1.00 bits per heavy atom. The summed E-state index contributed by atoms with van der Waals surface area (Å²) in [7, 11) is 3.20. The molecule has 8 heteroatoms. The van der Waals surface area contributed by atoms with Gasteiger partial charge in [-0.15, -0.1) is 0 Å². The molecule has 3 rings (SSSR count). The maximum Gasteiger partial charge on any atom is 0.255 e. The van der Waals surface area contributed by atoms with Gasteiger partial charge in [0.1, 0.15) is 11.7 Å². The molecule has 0 aromatic heterocycles. The van der Waals surface area contributed by atoms with Crippen LogP contribution in [0.2, 0.25) is 0 Å². The largest absolute Gasteiger partial charge is 0.384 e. The van der Waals surface area contributed by atoms with Gasteiger partial charge in [0.05, 0.1) is 0 Å². The van der Waals surface area contributed by atoms with Crippen LogP contribution in [0.25, 0.3) is 0 Å². The van der Waals surface area contributed by atoms with E-state index in [1.54, 1.807) is 74.8 Å². The van der Waals surface area contributed by atoms with Crippen LogP contribution in [0.1, 0.15) is 31.8 Å². The molecule has 8 nitrogen and oxygen atoms in total. The number of carbonyl (C=O) groups excluding carboxylic acids is 2. The second-order valence-electron chi connectivity index (χ2n) is 6.86. The smallest absolute Gasteiger partial charge is 0.255 e. The maximum absolute atomic E-state index is 12.6. The molecular weight excluding hydrogens is 404 g/mol. The van der Waals surface area contributed by atoms with E-state index in [0.29, 0.717) is 45.3 Å². The Morgan fingerprint density at radius 3 is 1.34 bits per heavy atom. The van der Waals surface area contributed by atoms with E-state index in [1.165, 1.54) is 0 Å². The van der Waals surface area contributed by atoms with Gasteiger partial charge in [0.15, 0.2) is 0 Å². The minimum atomic E-state index is -0.303. The SMILES string of the molecule is CN=C(N)c1cccc(NC(=O)c2ccc(C(=O)Nc3cccc(C(N)=NC)c3)cc2)c1. The number of nitrogens with two attached hydrogens (primary N) is 2. The molecule has 0 bridgehead atoms. The third-order valence-electron chi connectivity index (χ3n) is 4.72. The van der Waals surface area contributed by atoms with Crippen molar-refractivity contribution in [2.75, 3.05) is 24.7 Å². The van der Waals surface area contributed by atoms with E-state index < -0.39 is 0 Å². The molecule has 162 valence electrons. The first-order valence-corrected chi connectivity index (χ1v) is 9.79. The van der Waals surface area contributed by atoms with Crippen LogP contribution in [-0.2, 0) is 0 Å². The third kappa shape index (κ3) is 5.37. The zero-order chi connectivity index (χ0) is 23.1. The van der Waals surface area contributed by atoms with Gasteiger partial charge in [-0.1, -0.05) is 24.3 Å². The molecule has 0 unspecified atom stereocenters. The van der Waals surface area contributed by atoms with E-state index in [-0.39, 0.29) is 11.8 Å². The van der Waals surface area contributed by atoms with Crippen LogP contribution in [0, 0.1) is 0 Å². The van der Waals surface area contributed by atoms with Crippen molar-refractivity contribution in [2.24, 2.45) is 21.5 Å². The van der Waals surface area contributed by atoms with Gasteiger partial charge in [-0.3, -0.25) is 19.6 Å². The average molecular weight is 428 g/mol. The molecule has 0 saturated carbocycles. The van der Waals surface area contributed by atoms with Crippen molar-refractivity contribution in [1.29, 1.82) is 0 Å². The Kier molecular flexibility index (Phi) is 6.97. The normalized spacial score (nSPS) is 11.7. The highest BCUT2D eigenvalue weighted by Gasteiger charge is 2.11. The second kappa shape index (κ2) is 10.0. The molecule has 32 heavy (non-hydrogen) atoms. The first kappa shape index (κ1) is 22.2. The fourth-order valence-corrected chi connectivity index (χ4v) is 2.95. The van der Waals surface area contributed by atoms with Crippen LogP contribution in [0.4, 0.5) is 11.4 Å². The summed E-state index contributed by atoms with van der Waals surface area (Å²) in [6.45, 7) is 0. The van der Waals surface area contributed by atoms with Crippen LogP contribution in [0.5, 0.6) is 0 Å². The number of carbonyl (C=O) groups is 2. The Balaban J connectivity index is 1.68. The lowest BCUT2D eigenvalue weighted by molar-refractivity contribution is 0.101. The van der Waals surface area contributed by atoms with Crippen LogP contribution in [-0.4, -0.2) is 37.6 Å². The zero-order valence-corrected chi connectivity index (χ0v) is 17.8. The summed E-state index contributed by atoms with van der Waals surface area (Å²) >= 11 is 0. The zero-order valence-electron chi connectivity index (χ0n) is 17.8. The highest BCUT2D eigenvalue weighted by molar-refractivity contribution is 6.08. The summed E-state index contributed by atoms with van der Waals surface area (Å²) in [6.07, 6.45) is 0. The molecule has 3 aromatic rings. The lowest BCUT2D eigenvalue weighted by atomic mass is 10.1. The topological polar surface area (TPSA) is 135 Å². The van der Waals surface area contributed by atoms with Crippen LogP contribution >= 0.6 is 0 Å². The Morgan fingerprint density at radius 1 is 0.625 bits per heavy atom. The van der Waals surface area contributed by atoms with E-state index in [0.717, 1.165) is 0 Å². The number of hydrogen-bond donors (Lipinski definition) is 4. The van der Waals surface area contributed by atoms with Gasteiger partial charge in [-0.05, 0) is 48.5 Å². The molecule has 0 radical (unpaired) electrons. The fourth-order valence-electron chi connectivity index (χ4n) is 2.95. The van der Waals surface area contributed by atoms with Gasteiger partial charge in [0, 0.05) is 47.7 Å². The number of amides is 2. The van der Waals surface area contributed by atoms with Crippen LogP contribution in [0.3, 0.4) is 0 Å². The molecule has 0 saturated heterocycles. The van der Waals surface area contributed by atoms with Gasteiger partial charge in [-0.2, -0.15) is 0 Å². The number of aliphatic imine (C=N–C) groups is 2. The molecule has 0 aliphatic heterocycles. The van der Waals surface area contributed by atoms with Crippen molar-refractivity contribution in [1.82, 2.24) is 0 Å². The molecule has 2 amide bonds. The summed E-state index contributed by atoms with van der Waals surface area (Å²) < 4.78 is 0. The van der Waals surface area contributed by atoms with Crippen molar-refractivity contribution in [3.05, 3.63) is 95.1 Å². The molecule has 6 N–H and O–H groups in total. The number of amidine groups is 2. The minimum Gasteiger partial charge on any atom is -0.384 e. The van der Waals surface area contributed by atoms with Crippen molar-refractivity contribution >= 4 is 34.9 Å². The summed E-state index contributed by atoms with van der Waals surface area (Å²) in [5.74, 6) is 0.157. The number of nitrogens with one attached hydrogen (secondary N) is 2. The number of hydrogen-bond acceptors (Lipinski definition) is 4. The van der Waals surface area contributed by atoms with Crippen LogP contribution < -0.4 is 22.1 Å². The molecule has 0 aliphatic rings. The second-order valence-corrected chi connectivity index (χ2v) is 6.86. The lowest BCUT2D eigenvalue weighted by Crippen LogP contribution is -2.16. The van der Waals surface area contributed by atoms with Crippen molar-refractivity contribution in [3.8, 4) is 0 Å². The van der Waals surface area contributed by atoms with E-state index in [1.807, 2.05) is 12.1 Å². The van der Waals surface area contributed by atoms with Gasteiger partial charge < -0.3 is 22.1 Å². The van der Waals surface area contributed by atoms with Crippen molar-refractivity contribution in [2.45, 2.75) is 0 Å². The Labute approximate surface area is 186 Å². The van der Waals surface area contributed by atoms with E-state index in [9.17, 15) is 9.59 Å². The van der Waals surface area contributed by atoms with E-state index in [2.05, 4.69) is 20.6 Å². The summed E-state index contributed by atoms with van der Waals surface area (Å²) in [5, 5.41) is 5.63. The first-order valence-electron chi connectivity index (χ1n) is 9.79. The van der Waals surface area contributed by atoms with Crippen molar-refractivity contribution in [3.63, 3.8) is 0 Å². The van der Waals surface area contributed by atoms with Crippen LogP contribution in [0.15, 0.2) is 82.8 Å². The number of rotatable bonds is 6. The van der Waals surface area contributed by atoms with Gasteiger partial charge >= 0.3 is 0 Å². The summed E-state index contributed by atoms with van der Waals surface area (Å²) in [6, 6.07) is 20.6. The molecule has 0 spiro atoms. The predicted molar refractivity (Wildman–Crippen MR) is 129 cm³/mol. The third-order valence-corrected chi connectivity index (χ3v) is 4.72. The van der Waals surface area contributed by atoms with Gasteiger partial charge in [0.2, 0.25) is 0 Å². The lowest BCUT2D eigenvalue weighted by Gasteiger charge is -2.09. The maximum atomic E-state index is 12.6. The molecular formula is C24H24N6O2. The average Bonchev–Trinajstić information content (AvgIpc) is 2.83. The Bertz CT molecular complexity index is 1100. The summed E-state index contributed by atoms with van der Waals surface area (Å²) in [4.78, 5) is 33.0. The predicted octanol–water partition coefficient (Wildman–Crippen LogP) is 2.86. The minimum absolute atomic E-state index is 0.303. The standard InChI is InChI=1S/C24H24N6O2/c1-27-21(25)17-5-3-7-19(13-17)29-23(31)15-9-11-16(12-10-15)24(32)30-20-8-4-6-18(14-20)22(26)28-2/h3-14H,1-2H3,(H2,25,27)(H2,26,28)(H,29,31)(H,30,32). The highest BCUT2D eigenvalue weighted by atomic mass is 16.2. The fraction of sp³-hybridized carbons (Fsp3) is 0.0833. The number of nitrogens with zero attached hydrogens (tertiary/aromatic N) is 2. The molecule has 0 atom stereocenters. The summed E-state index contributed by atoms with van der Waals surface area (Å²) in [5.41, 5.74) is 15.1.